The lowest BCUT2D eigenvalue weighted by atomic mass is 10.1. The van der Waals surface area contributed by atoms with Crippen LogP contribution in [0.2, 0.25) is 0 Å². The number of esters is 2. The molecule has 0 bridgehead atoms. The Hall–Kier alpha value is -3.94. The molecule has 0 atom stereocenters. The summed E-state index contributed by atoms with van der Waals surface area (Å²) in [7, 11) is 3.65. The largest absolute Gasteiger partial charge is 0.493 e. The Morgan fingerprint density at radius 3 is 2.58 bits per heavy atom. The summed E-state index contributed by atoms with van der Waals surface area (Å²) >= 11 is 0.843. The van der Waals surface area contributed by atoms with Gasteiger partial charge in [0.15, 0.2) is 23.3 Å². The van der Waals surface area contributed by atoms with Crippen molar-refractivity contribution in [1.29, 1.82) is 0 Å². The fourth-order valence-corrected chi connectivity index (χ4v) is 2.82. The van der Waals surface area contributed by atoms with Crippen molar-refractivity contribution in [2.75, 3.05) is 27.9 Å². The highest BCUT2D eigenvalue weighted by Gasteiger charge is 2.25. The SMILES string of the molecule is COC(=O)/C=C1/S/C(=N\N=Cc2cc(OC)c(OCC(=O)OC)cc2[N+](=O)[O-])NC1=O. The van der Waals surface area contributed by atoms with Crippen molar-refractivity contribution < 1.29 is 38.3 Å². The molecule has 1 N–H and O–H groups in total. The molecule has 1 heterocycles. The molecule has 0 radical (unpaired) electrons. The fraction of sp³-hybridized carbons (Fsp3) is 0.235. The zero-order chi connectivity index (χ0) is 23.0. The molecule has 0 unspecified atom stereocenters. The summed E-state index contributed by atoms with van der Waals surface area (Å²) in [4.78, 5) is 45.0. The standard InChI is InChI=1S/C17H16N4O9S/c1-27-11-4-9(10(21(25)26)5-12(11)30-8-15(23)29-3)7-18-20-17-19-16(24)13(31-17)6-14(22)28-2/h4-7H,8H2,1-3H3,(H,19,20,24)/b13-6+,18-7?. The molecule has 31 heavy (non-hydrogen) atoms. The maximum Gasteiger partial charge on any atom is 0.343 e. The lowest BCUT2D eigenvalue weighted by molar-refractivity contribution is -0.385. The minimum Gasteiger partial charge on any atom is -0.493 e. The molecule has 14 heteroatoms. The Balaban J connectivity index is 2.26. The molecule has 1 aromatic rings. The molecule has 0 spiro atoms. The third-order valence-electron chi connectivity index (χ3n) is 3.53. The highest BCUT2D eigenvalue weighted by molar-refractivity contribution is 8.18. The number of nitrogens with zero attached hydrogens (tertiary/aromatic N) is 3. The Morgan fingerprint density at radius 1 is 1.23 bits per heavy atom. The lowest BCUT2D eigenvalue weighted by Gasteiger charge is -2.10. The maximum absolute atomic E-state index is 11.8. The predicted octanol–water partition coefficient (Wildman–Crippen LogP) is 0.765. The molecule has 1 fully saturated rings. The van der Waals surface area contributed by atoms with Crippen LogP contribution in [0, 0.1) is 10.1 Å². The Morgan fingerprint density at radius 2 is 1.97 bits per heavy atom. The van der Waals surface area contributed by atoms with Crippen LogP contribution in [0.1, 0.15) is 5.56 Å². The molecule has 13 nitrogen and oxygen atoms in total. The van der Waals surface area contributed by atoms with E-state index in [9.17, 15) is 24.5 Å². The van der Waals surface area contributed by atoms with E-state index < -0.39 is 29.4 Å². The number of thioether (sulfide) groups is 1. The van der Waals surface area contributed by atoms with E-state index in [-0.39, 0.29) is 32.8 Å². The summed E-state index contributed by atoms with van der Waals surface area (Å²) in [6.07, 6.45) is 2.07. The van der Waals surface area contributed by atoms with Gasteiger partial charge in [-0.05, 0) is 17.8 Å². The van der Waals surface area contributed by atoms with Crippen molar-refractivity contribution in [3.8, 4) is 11.5 Å². The van der Waals surface area contributed by atoms with E-state index in [0.717, 1.165) is 30.1 Å². The number of hydrogen-bond acceptors (Lipinski definition) is 12. The van der Waals surface area contributed by atoms with Gasteiger partial charge in [-0.3, -0.25) is 20.2 Å². The molecular weight excluding hydrogens is 436 g/mol. The molecule has 2 rings (SSSR count). The first-order valence-electron chi connectivity index (χ1n) is 8.25. The zero-order valence-electron chi connectivity index (χ0n) is 16.4. The highest BCUT2D eigenvalue weighted by atomic mass is 32.2. The number of ether oxygens (including phenoxy) is 4. The summed E-state index contributed by atoms with van der Waals surface area (Å²) in [6.45, 7) is -0.469. The van der Waals surface area contributed by atoms with Crippen molar-refractivity contribution in [3.05, 3.63) is 38.8 Å². The van der Waals surface area contributed by atoms with Gasteiger partial charge in [-0.15, -0.1) is 5.10 Å². The summed E-state index contributed by atoms with van der Waals surface area (Å²) in [5, 5.41) is 21.4. The Kier molecular flexibility index (Phi) is 8.08. The number of methoxy groups -OCH3 is 3. The van der Waals surface area contributed by atoms with E-state index in [0.29, 0.717) is 0 Å². The minimum atomic E-state index is -0.709. The molecule has 1 aromatic carbocycles. The van der Waals surface area contributed by atoms with Gasteiger partial charge in [-0.2, -0.15) is 5.10 Å². The molecule has 0 saturated carbocycles. The van der Waals surface area contributed by atoms with Crippen LogP contribution in [0.25, 0.3) is 0 Å². The van der Waals surface area contributed by atoms with Crippen LogP contribution in [0.5, 0.6) is 11.5 Å². The molecule has 0 aromatic heterocycles. The molecule has 1 saturated heterocycles. The number of rotatable bonds is 8. The molecule has 1 aliphatic rings. The number of hydrogen-bond donors (Lipinski definition) is 1. The first-order valence-corrected chi connectivity index (χ1v) is 9.06. The van der Waals surface area contributed by atoms with Gasteiger partial charge in [0.25, 0.3) is 11.6 Å². The maximum atomic E-state index is 11.8. The zero-order valence-corrected chi connectivity index (χ0v) is 17.3. The van der Waals surface area contributed by atoms with Crippen LogP contribution < -0.4 is 14.8 Å². The van der Waals surface area contributed by atoms with E-state index in [1.54, 1.807) is 0 Å². The number of carbonyl (C=O) groups excluding carboxylic acids is 3. The summed E-state index contributed by atoms with van der Waals surface area (Å²) in [5.74, 6) is -1.89. The van der Waals surface area contributed by atoms with Crippen LogP contribution in [0.15, 0.2) is 33.3 Å². The second-order valence-electron chi connectivity index (χ2n) is 5.42. The van der Waals surface area contributed by atoms with Crippen molar-refractivity contribution in [2.45, 2.75) is 0 Å². The smallest absolute Gasteiger partial charge is 0.343 e. The van der Waals surface area contributed by atoms with Crippen molar-refractivity contribution in [2.24, 2.45) is 10.2 Å². The summed E-state index contributed by atoms with van der Waals surface area (Å²) in [6, 6.07) is 2.34. The number of benzene rings is 1. The number of nitro groups is 1. The fourth-order valence-electron chi connectivity index (χ4n) is 2.08. The predicted molar refractivity (Wildman–Crippen MR) is 108 cm³/mol. The van der Waals surface area contributed by atoms with E-state index >= 15 is 0 Å². The Labute approximate surface area is 179 Å². The van der Waals surface area contributed by atoms with Gasteiger partial charge >= 0.3 is 11.9 Å². The van der Waals surface area contributed by atoms with Gasteiger partial charge in [0.1, 0.15) is 0 Å². The number of carbonyl (C=O) groups is 3. The molecule has 164 valence electrons. The topological polar surface area (TPSA) is 168 Å². The third-order valence-corrected chi connectivity index (χ3v) is 4.43. The van der Waals surface area contributed by atoms with E-state index in [1.165, 1.54) is 27.4 Å². The quantitative estimate of drug-likeness (QED) is 0.195. The van der Waals surface area contributed by atoms with E-state index in [2.05, 4.69) is 25.0 Å². The number of amidine groups is 1. The first-order chi connectivity index (χ1) is 14.8. The first kappa shape index (κ1) is 23.3. The van der Waals surface area contributed by atoms with E-state index in [1.807, 2.05) is 0 Å². The van der Waals surface area contributed by atoms with Gasteiger partial charge in [0.2, 0.25) is 0 Å². The van der Waals surface area contributed by atoms with Crippen LogP contribution in [-0.4, -0.2) is 62.1 Å². The second kappa shape index (κ2) is 10.7. The molecule has 1 amide bonds. The average Bonchev–Trinajstić information content (AvgIpc) is 3.10. The van der Waals surface area contributed by atoms with Gasteiger partial charge in [0, 0.05) is 6.08 Å². The van der Waals surface area contributed by atoms with Crippen LogP contribution >= 0.6 is 11.8 Å². The van der Waals surface area contributed by atoms with Gasteiger partial charge in [0.05, 0.1) is 49.0 Å². The third kappa shape index (κ3) is 6.27. The summed E-state index contributed by atoms with van der Waals surface area (Å²) < 4.78 is 19.2. The lowest BCUT2D eigenvalue weighted by Crippen LogP contribution is -2.19. The normalized spacial score (nSPS) is 15.8. The highest BCUT2D eigenvalue weighted by Crippen LogP contribution is 2.34. The van der Waals surface area contributed by atoms with Crippen LogP contribution in [0.3, 0.4) is 0 Å². The molecule has 0 aliphatic carbocycles. The molecule has 1 aliphatic heterocycles. The number of nitro benzene ring substituents is 1. The van der Waals surface area contributed by atoms with Crippen LogP contribution in [0.4, 0.5) is 5.69 Å². The molecular formula is C17H16N4O9S. The second-order valence-corrected chi connectivity index (χ2v) is 6.45. The minimum absolute atomic E-state index is 0.0243. The van der Waals surface area contributed by atoms with Gasteiger partial charge < -0.3 is 18.9 Å². The number of amides is 1. The summed E-state index contributed by atoms with van der Waals surface area (Å²) in [5.41, 5.74) is -0.365. The van der Waals surface area contributed by atoms with Gasteiger partial charge in [-0.1, -0.05) is 0 Å². The monoisotopic (exact) mass is 452 g/mol. The Bertz CT molecular complexity index is 1000. The average molecular weight is 452 g/mol. The van der Waals surface area contributed by atoms with Crippen molar-refractivity contribution in [1.82, 2.24) is 5.32 Å². The van der Waals surface area contributed by atoms with Gasteiger partial charge in [-0.25, -0.2) is 9.59 Å². The number of nitrogens with one attached hydrogen (secondary N) is 1. The van der Waals surface area contributed by atoms with E-state index in [4.69, 9.17) is 9.47 Å². The van der Waals surface area contributed by atoms with Crippen molar-refractivity contribution in [3.63, 3.8) is 0 Å². The van der Waals surface area contributed by atoms with Crippen molar-refractivity contribution >= 4 is 46.7 Å². The van der Waals surface area contributed by atoms with Crippen LogP contribution in [-0.2, 0) is 23.9 Å².